The van der Waals surface area contributed by atoms with Crippen LogP contribution < -0.4 is 5.73 Å². The summed E-state index contributed by atoms with van der Waals surface area (Å²) in [7, 11) is 0. The molecule has 3 rings (SSSR count). The summed E-state index contributed by atoms with van der Waals surface area (Å²) in [4.78, 5) is 4.01. The van der Waals surface area contributed by atoms with E-state index in [2.05, 4.69) is 21.9 Å². The van der Waals surface area contributed by atoms with Crippen LogP contribution in [0, 0.1) is 0 Å². The van der Waals surface area contributed by atoms with Crippen LogP contribution in [0.2, 0.25) is 0 Å². The van der Waals surface area contributed by atoms with E-state index in [0.717, 1.165) is 12.8 Å². The Morgan fingerprint density at radius 2 is 2.05 bits per heavy atom. The lowest BCUT2D eigenvalue weighted by molar-refractivity contribution is 0.463. The lowest BCUT2D eigenvalue weighted by Crippen LogP contribution is -2.06. The zero-order valence-electron chi connectivity index (χ0n) is 11.1. The molecule has 0 atom stereocenters. The molecule has 2 N–H and O–H groups in total. The van der Waals surface area contributed by atoms with Crippen LogP contribution in [-0.2, 0) is 12.8 Å². The largest absolute Gasteiger partial charge is 0.384 e. The van der Waals surface area contributed by atoms with Crippen molar-refractivity contribution in [1.82, 2.24) is 14.8 Å². The summed E-state index contributed by atoms with van der Waals surface area (Å²) in [5.74, 6) is 0.592. The summed E-state index contributed by atoms with van der Waals surface area (Å²) in [5.41, 5.74) is 8.08. The molecule has 1 fully saturated rings. The number of pyridine rings is 1. The predicted octanol–water partition coefficient (Wildman–Crippen LogP) is 2.76. The highest BCUT2D eigenvalue weighted by atomic mass is 15.3. The molecule has 2 heterocycles. The van der Waals surface area contributed by atoms with E-state index < -0.39 is 0 Å². The van der Waals surface area contributed by atoms with Gasteiger partial charge >= 0.3 is 0 Å². The summed E-state index contributed by atoms with van der Waals surface area (Å²) in [5, 5.41) is 4.70. The maximum Gasteiger partial charge on any atom is 0.123 e. The number of hydrogen-bond donors (Lipinski definition) is 1. The lowest BCUT2D eigenvalue weighted by atomic mass is 10.1. The molecule has 0 amide bonds. The summed E-state index contributed by atoms with van der Waals surface area (Å²) < 4.78 is 2.16. The predicted molar refractivity (Wildman–Crippen MR) is 75.8 cm³/mol. The molecule has 0 spiro atoms. The van der Waals surface area contributed by atoms with Gasteiger partial charge in [0.25, 0.3) is 0 Å². The Hall–Kier alpha value is -1.84. The zero-order chi connectivity index (χ0) is 13.1. The van der Waals surface area contributed by atoms with Crippen molar-refractivity contribution >= 4 is 5.82 Å². The second-order valence-electron chi connectivity index (χ2n) is 5.31. The first kappa shape index (κ1) is 12.2. The maximum atomic E-state index is 5.68. The average Bonchev–Trinajstić information content (AvgIpc) is 3.07. The smallest absolute Gasteiger partial charge is 0.123 e. The summed E-state index contributed by atoms with van der Waals surface area (Å²) in [6.45, 7) is 0. The van der Waals surface area contributed by atoms with Crippen LogP contribution in [-0.4, -0.2) is 14.8 Å². The Labute approximate surface area is 113 Å². The minimum Gasteiger partial charge on any atom is -0.384 e. The third kappa shape index (κ3) is 2.95. The van der Waals surface area contributed by atoms with E-state index in [4.69, 9.17) is 10.8 Å². The maximum absolute atomic E-state index is 5.68. The molecule has 4 nitrogen and oxygen atoms in total. The zero-order valence-corrected chi connectivity index (χ0v) is 11.1. The average molecular weight is 256 g/mol. The SMILES string of the molecule is Nc1cc(CCc2ccn(C3CCCC3)n2)ccn1. The molecular formula is C15H20N4. The Morgan fingerprint density at radius 3 is 2.84 bits per heavy atom. The highest BCUT2D eigenvalue weighted by Crippen LogP contribution is 2.28. The molecule has 4 heteroatoms. The van der Waals surface area contributed by atoms with E-state index in [0.29, 0.717) is 11.9 Å². The molecule has 19 heavy (non-hydrogen) atoms. The van der Waals surface area contributed by atoms with Gasteiger partial charge in [-0.2, -0.15) is 5.10 Å². The molecule has 0 aromatic carbocycles. The third-order valence-electron chi connectivity index (χ3n) is 3.88. The van der Waals surface area contributed by atoms with Gasteiger partial charge in [0.1, 0.15) is 5.82 Å². The molecule has 1 aliphatic carbocycles. The second kappa shape index (κ2) is 5.43. The first-order valence-electron chi connectivity index (χ1n) is 7.06. The van der Waals surface area contributed by atoms with E-state index in [9.17, 15) is 0 Å². The minimum absolute atomic E-state index is 0.592. The van der Waals surface area contributed by atoms with E-state index in [1.54, 1.807) is 6.20 Å². The Bertz CT molecular complexity index is 541. The van der Waals surface area contributed by atoms with Crippen molar-refractivity contribution in [2.24, 2.45) is 0 Å². The fraction of sp³-hybridized carbons (Fsp3) is 0.467. The Balaban J connectivity index is 1.61. The van der Waals surface area contributed by atoms with E-state index in [-0.39, 0.29) is 0 Å². The van der Waals surface area contributed by atoms with Crippen molar-refractivity contribution in [3.8, 4) is 0 Å². The van der Waals surface area contributed by atoms with Gasteiger partial charge in [0.2, 0.25) is 0 Å². The van der Waals surface area contributed by atoms with Crippen LogP contribution in [0.3, 0.4) is 0 Å². The molecule has 0 bridgehead atoms. The topological polar surface area (TPSA) is 56.7 Å². The minimum atomic E-state index is 0.592. The van der Waals surface area contributed by atoms with Gasteiger partial charge in [0, 0.05) is 12.4 Å². The summed E-state index contributed by atoms with van der Waals surface area (Å²) in [6.07, 6.45) is 11.1. The molecule has 0 saturated heterocycles. The van der Waals surface area contributed by atoms with Gasteiger partial charge in [-0.15, -0.1) is 0 Å². The van der Waals surface area contributed by atoms with Crippen LogP contribution in [0.1, 0.15) is 43.0 Å². The molecule has 2 aromatic rings. The molecule has 0 aliphatic heterocycles. The Kier molecular flexibility index (Phi) is 3.49. The summed E-state index contributed by atoms with van der Waals surface area (Å²) in [6, 6.07) is 6.73. The first-order chi connectivity index (χ1) is 9.31. The van der Waals surface area contributed by atoms with Gasteiger partial charge in [-0.1, -0.05) is 12.8 Å². The fourth-order valence-corrected chi connectivity index (χ4v) is 2.81. The number of nitrogen functional groups attached to an aromatic ring is 1. The molecule has 1 saturated carbocycles. The number of rotatable bonds is 4. The fourth-order valence-electron chi connectivity index (χ4n) is 2.81. The number of nitrogens with zero attached hydrogens (tertiary/aromatic N) is 3. The number of aromatic nitrogens is 3. The molecule has 0 radical (unpaired) electrons. The number of nitrogens with two attached hydrogens (primary N) is 1. The molecule has 0 unspecified atom stereocenters. The van der Waals surface area contributed by atoms with Crippen molar-refractivity contribution in [3.05, 3.63) is 41.9 Å². The Morgan fingerprint density at radius 1 is 1.21 bits per heavy atom. The van der Waals surface area contributed by atoms with Gasteiger partial charge in [-0.3, -0.25) is 4.68 Å². The van der Waals surface area contributed by atoms with Crippen molar-refractivity contribution in [2.45, 2.75) is 44.6 Å². The van der Waals surface area contributed by atoms with Crippen molar-refractivity contribution in [3.63, 3.8) is 0 Å². The number of hydrogen-bond acceptors (Lipinski definition) is 3. The highest BCUT2D eigenvalue weighted by Gasteiger charge is 2.17. The quantitative estimate of drug-likeness (QED) is 0.915. The second-order valence-corrected chi connectivity index (χ2v) is 5.31. The van der Waals surface area contributed by atoms with Crippen LogP contribution in [0.5, 0.6) is 0 Å². The molecule has 2 aromatic heterocycles. The van der Waals surface area contributed by atoms with Gasteiger partial charge in [0.05, 0.1) is 11.7 Å². The van der Waals surface area contributed by atoms with Crippen molar-refractivity contribution < 1.29 is 0 Å². The van der Waals surface area contributed by atoms with Gasteiger partial charge in [-0.05, 0) is 49.4 Å². The number of aryl methyl sites for hydroxylation is 2. The van der Waals surface area contributed by atoms with Crippen LogP contribution in [0.4, 0.5) is 5.82 Å². The lowest BCUT2D eigenvalue weighted by Gasteiger charge is -2.08. The normalized spacial score (nSPS) is 16.0. The first-order valence-corrected chi connectivity index (χ1v) is 7.06. The van der Waals surface area contributed by atoms with Crippen molar-refractivity contribution in [2.75, 3.05) is 5.73 Å². The van der Waals surface area contributed by atoms with Crippen LogP contribution in [0.15, 0.2) is 30.6 Å². The summed E-state index contributed by atoms with van der Waals surface area (Å²) >= 11 is 0. The monoisotopic (exact) mass is 256 g/mol. The molecule has 1 aliphatic rings. The van der Waals surface area contributed by atoms with Gasteiger partial charge in [0.15, 0.2) is 0 Å². The van der Waals surface area contributed by atoms with Gasteiger partial charge in [-0.25, -0.2) is 4.98 Å². The van der Waals surface area contributed by atoms with Crippen molar-refractivity contribution in [1.29, 1.82) is 0 Å². The van der Waals surface area contributed by atoms with Gasteiger partial charge < -0.3 is 5.73 Å². The van der Waals surface area contributed by atoms with E-state index in [1.807, 2.05) is 12.1 Å². The van der Waals surface area contributed by atoms with E-state index >= 15 is 0 Å². The molecule has 100 valence electrons. The van der Waals surface area contributed by atoms with Crippen LogP contribution in [0.25, 0.3) is 0 Å². The highest BCUT2D eigenvalue weighted by molar-refractivity contribution is 5.32. The van der Waals surface area contributed by atoms with Crippen LogP contribution >= 0.6 is 0 Å². The number of anilines is 1. The molecular weight excluding hydrogens is 236 g/mol. The standard InChI is InChI=1S/C15H20N4/c16-15-11-12(7-9-17-15)5-6-13-8-10-19(18-13)14-3-1-2-4-14/h7-11,14H,1-6H2,(H2,16,17). The van der Waals surface area contributed by atoms with E-state index in [1.165, 1.54) is 36.9 Å². The third-order valence-corrected chi connectivity index (χ3v) is 3.88.